The third-order valence-corrected chi connectivity index (χ3v) is 5.44. The number of carbonyl (C=O) groups excluding carboxylic acids is 1. The number of fused-ring (bicyclic) bond motifs is 1. The van der Waals surface area contributed by atoms with Gasteiger partial charge in [-0.1, -0.05) is 56.1 Å². The fourth-order valence-corrected chi connectivity index (χ4v) is 3.67. The smallest absolute Gasteiger partial charge is 0.311 e. The zero-order valence-corrected chi connectivity index (χ0v) is 21.3. The van der Waals surface area contributed by atoms with Gasteiger partial charge in [0.15, 0.2) is 11.5 Å². The van der Waals surface area contributed by atoms with Crippen molar-refractivity contribution in [1.82, 2.24) is 0 Å². The normalized spacial score (nSPS) is 10.9. The van der Waals surface area contributed by atoms with Crippen molar-refractivity contribution in [2.75, 3.05) is 13.2 Å². The SMILES string of the molecule is CCCOc1c(OCCC)c(OC(=O)CCC)c2cc(Cl)ccc2c1OCc1ccc(Cl)cc1. The summed E-state index contributed by atoms with van der Waals surface area (Å²) in [7, 11) is 0. The number of esters is 1. The first kappa shape index (κ1) is 26.0. The molecule has 0 amide bonds. The van der Waals surface area contributed by atoms with E-state index >= 15 is 0 Å². The Kier molecular flexibility index (Phi) is 9.73. The van der Waals surface area contributed by atoms with Crippen molar-refractivity contribution in [2.45, 2.75) is 53.1 Å². The highest BCUT2D eigenvalue weighted by Gasteiger charge is 2.26. The maximum atomic E-state index is 12.5. The Morgan fingerprint density at radius 1 is 0.706 bits per heavy atom. The molecule has 182 valence electrons. The lowest BCUT2D eigenvalue weighted by Gasteiger charge is -2.22. The van der Waals surface area contributed by atoms with Gasteiger partial charge in [0.2, 0.25) is 11.5 Å². The first-order valence-electron chi connectivity index (χ1n) is 11.6. The van der Waals surface area contributed by atoms with Gasteiger partial charge in [0.1, 0.15) is 6.61 Å². The fraction of sp³-hybridized carbons (Fsp3) is 0.370. The summed E-state index contributed by atoms with van der Waals surface area (Å²) in [5.41, 5.74) is 0.947. The lowest BCUT2D eigenvalue weighted by molar-refractivity contribution is -0.134. The summed E-state index contributed by atoms with van der Waals surface area (Å²) in [6.07, 6.45) is 2.51. The molecule has 3 aromatic rings. The molecule has 0 unspecified atom stereocenters. The Hall–Kier alpha value is -2.63. The number of carbonyl (C=O) groups is 1. The molecule has 3 rings (SSSR count). The van der Waals surface area contributed by atoms with Crippen LogP contribution in [0.25, 0.3) is 10.8 Å². The zero-order valence-electron chi connectivity index (χ0n) is 19.8. The van der Waals surface area contributed by atoms with Gasteiger partial charge in [-0.05, 0) is 55.2 Å². The van der Waals surface area contributed by atoms with E-state index in [2.05, 4.69) is 0 Å². The largest absolute Gasteiger partial charge is 0.486 e. The van der Waals surface area contributed by atoms with Crippen molar-refractivity contribution in [3.63, 3.8) is 0 Å². The second-order valence-electron chi connectivity index (χ2n) is 7.84. The molecule has 34 heavy (non-hydrogen) atoms. The molecule has 0 aliphatic heterocycles. The molecule has 3 aromatic carbocycles. The highest BCUT2D eigenvalue weighted by atomic mass is 35.5. The number of hydrogen-bond donors (Lipinski definition) is 0. The van der Waals surface area contributed by atoms with Crippen LogP contribution in [0, 0.1) is 0 Å². The maximum Gasteiger partial charge on any atom is 0.311 e. The van der Waals surface area contributed by atoms with Crippen LogP contribution in [0.3, 0.4) is 0 Å². The van der Waals surface area contributed by atoms with Crippen LogP contribution >= 0.6 is 23.2 Å². The van der Waals surface area contributed by atoms with Crippen LogP contribution in [0.5, 0.6) is 23.0 Å². The highest BCUT2D eigenvalue weighted by molar-refractivity contribution is 6.31. The van der Waals surface area contributed by atoms with Crippen LogP contribution in [0.2, 0.25) is 10.0 Å². The molecule has 0 bridgehead atoms. The van der Waals surface area contributed by atoms with Crippen molar-refractivity contribution >= 4 is 39.9 Å². The van der Waals surface area contributed by atoms with Gasteiger partial charge in [0.25, 0.3) is 0 Å². The molecular formula is C27H30Cl2O5. The quantitative estimate of drug-likeness (QED) is 0.184. The Labute approximate surface area is 210 Å². The molecular weight excluding hydrogens is 475 g/mol. The lowest BCUT2D eigenvalue weighted by atomic mass is 10.1. The highest BCUT2D eigenvalue weighted by Crippen LogP contribution is 2.52. The first-order chi connectivity index (χ1) is 16.5. The fourth-order valence-electron chi connectivity index (χ4n) is 3.37. The summed E-state index contributed by atoms with van der Waals surface area (Å²) in [6, 6.07) is 12.8. The molecule has 0 aromatic heterocycles. The van der Waals surface area contributed by atoms with Gasteiger partial charge >= 0.3 is 5.97 Å². The number of benzene rings is 3. The second kappa shape index (κ2) is 12.7. The number of rotatable bonds is 12. The van der Waals surface area contributed by atoms with Gasteiger partial charge < -0.3 is 18.9 Å². The minimum absolute atomic E-state index is 0.287. The first-order valence-corrected chi connectivity index (χ1v) is 12.4. The van der Waals surface area contributed by atoms with Crippen LogP contribution in [0.1, 0.15) is 52.0 Å². The summed E-state index contributed by atoms with van der Waals surface area (Å²) in [4.78, 5) is 12.5. The van der Waals surface area contributed by atoms with Gasteiger partial charge in [0, 0.05) is 27.2 Å². The topological polar surface area (TPSA) is 54.0 Å². The molecule has 0 saturated carbocycles. The van der Waals surface area contributed by atoms with Gasteiger partial charge in [-0.2, -0.15) is 0 Å². The summed E-state index contributed by atoms with van der Waals surface area (Å²) < 4.78 is 24.4. The van der Waals surface area contributed by atoms with Crippen molar-refractivity contribution < 1.29 is 23.7 Å². The number of hydrogen-bond acceptors (Lipinski definition) is 5. The predicted molar refractivity (Wildman–Crippen MR) is 137 cm³/mol. The molecule has 0 N–H and O–H groups in total. The van der Waals surface area contributed by atoms with E-state index in [0.29, 0.717) is 70.1 Å². The Morgan fingerprint density at radius 3 is 1.94 bits per heavy atom. The van der Waals surface area contributed by atoms with E-state index in [-0.39, 0.29) is 12.4 Å². The Balaban J connectivity index is 2.20. The summed E-state index contributed by atoms with van der Waals surface area (Å²) in [5, 5.41) is 2.50. The van der Waals surface area contributed by atoms with Crippen molar-refractivity contribution in [3.05, 3.63) is 58.1 Å². The monoisotopic (exact) mass is 504 g/mol. The van der Waals surface area contributed by atoms with Crippen LogP contribution in [0.4, 0.5) is 0 Å². The Morgan fingerprint density at radius 2 is 1.32 bits per heavy atom. The molecule has 7 heteroatoms. The average molecular weight is 505 g/mol. The van der Waals surface area contributed by atoms with Gasteiger partial charge in [-0.3, -0.25) is 4.79 Å². The predicted octanol–water partition coefficient (Wildman–Crippen LogP) is 8.01. The van der Waals surface area contributed by atoms with E-state index in [9.17, 15) is 4.79 Å². The summed E-state index contributed by atoms with van der Waals surface area (Å²) in [5.74, 6) is 1.23. The average Bonchev–Trinajstić information content (AvgIpc) is 2.82. The number of ether oxygens (including phenoxy) is 4. The molecule has 0 radical (unpaired) electrons. The molecule has 0 spiro atoms. The third-order valence-electron chi connectivity index (χ3n) is 4.96. The molecule has 0 atom stereocenters. The summed E-state index contributed by atoms with van der Waals surface area (Å²) >= 11 is 12.4. The van der Waals surface area contributed by atoms with Crippen molar-refractivity contribution in [2.24, 2.45) is 0 Å². The lowest BCUT2D eigenvalue weighted by Crippen LogP contribution is -2.11. The van der Waals surface area contributed by atoms with E-state index < -0.39 is 0 Å². The van der Waals surface area contributed by atoms with E-state index in [4.69, 9.17) is 42.1 Å². The molecule has 0 aliphatic rings. The molecule has 0 heterocycles. The molecule has 5 nitrogen and oxygen atoms in total. The van der Waals surface area contributed by atoms with Crippen molar-refractivity contribution in [3.8, 4) is 23.0 Å². The maximum absolute atomic E-state index is 12.5. The minimum Gasteiger partial charge on any atom is -0.486 e. The Bertz CT molecular complexity index is 1110. The zero-order chi connectivity index (χ0) is 24.5. The summed E-state index contributed by atoms with van der Waals surface area (Å²) in [6.45, 7) is 7.10. The van der Waals surface area contributed by atoms with E-state index in [1.54, 1.807) is 12.1 Å². The number of halogens is 2. The standard InChI is InChI=1S/C27H30Cl2O5/c1-4-7-23(30)34-25-22-16-20(29)12-13-21(22)24(33-17-18-8-10-19(28)11-9-18)26(31-14-5-2)27(25)32-15-6-3/h8-13,16H,4-7,14-15,17H2,1-3H3. The van der Waals surface area contributed by atoms with Crippen LogP contribution < -0.4 is 18.9 Å². The van der Waals surface area contributed by atoms with Gasteiger partial charge in [0.05, 0.1) is 13.2 Å². The molecule has 0 aliphatic carbocycles. The van der Waals surface area contributed by atoms with E-state index in [0.717, 1.165) is 18.4 Å². The van der Waals surface area contributed by atoms with Crippen LogP contribution in [-0.2, 0) is 11.4 Å². The van der Waals surface area contributed by atoms with Crippen LogP contribution in [0.15, 0.2) is 42.5 Å². The van der Waals surface area contributed by atoms with Gasteiger partial charge in [-0.25, -0.2) is 0 Å². The minimum atomic E-state index is -0.346. The third kappa shape index (κ3) is 6.49. The second-order valence-corrected chi connectivity index (χ2v) is 8.72. The van der Waals surface area contributed by atoms with Crippen LogP contribution in [-0.4, -0.2) is 19.2 Å². The molecule has 0 saturated heterocycles. The van der Waals surface area contributed by atoms with Gasteiger partial charge in [-0.15, -0.1) is 0 Å². The molecule has 0 fully saturated rings. The van der Waals surface area contributed by atoms with E-state index in [1.807, 2.05) is 51.1 Å². The van der Waals surface area contributed by atoms with E-state index in [1.165, 1.54) is 0 Å². The van der Waals surface area contributed by atoms with Crippen molar-refractivity contribution in [1.29, 1.82) is 0 Å².